The zero-order valence-corrected chi connectivity index (χ0v) is 23.3. The zero-order chi connectivity index (χ0) is 27.7. The van der Waals surface area contributed by atoms with Crippen LogP contribution in [0.15, 0.2) is 48.7 Å². The number of rotatable bonds is 12. The van der Waals surface area contributed by atoms with Crippen LogP contribution < -0.4 is 14.8 Å². The minimum Gasteiger partial charge on any atom is -0.493 e. The average molecular weight is 525 g/mol. The summed E-state index contributed by atoms with van der Waals surface area (Å²) in [7, 11) is 4.75. The van der Waals surface area contributed by atoms with Crippen LogP contribution in [-0.4, -0.2) is 79.8 Å². The van der Waals surface area contributed by atoms with Gasteiger partial charge in [-0.2, -0.15) is 0 Å². The number of fused-ring (bicyclic) bond motifs is 1. The third-order valence-electron chi connectivity index (χ3n) is 6.16. The summed E-state index contributed by atoms with van der Waals surface area (Å²) in [6.45, 7) is 7.14. The van der Waals surface area contributed by atoms with E-state index in [2.05, 4.69) is 16.4 Å². The van der Waals surface area contributed by atoms with Gasteiger partial charge in [0.25, 0.3) is 0 Å². The number of nitrogens with zero attached hydrogens (tertiary/aromatic N) is 2. The van der Waals surface area contributed by atoms with Gasteiger partial charge in [0.05, 0.1) is 20.8 Å². The first kappa shape index (κ1) is 28.8. The fourth-order valence-corrected chi connectivity index (χ4v) is 4.20. The number of urea groups is 1. The number of methoxy groups -OCH3 is 3. The Bertz CT molecular complexity index is 1220. The van der Waals surface area contributed by atoms with Crippen molar-refractivity contribution in [2.75, 3.05) is 47.6 Å². The Balaban J connectivity index is 1.84. The lowest BCUT2D eigenvalue weighted by atomic mass is 10.1. The Morgan fingerprint density at radius 3 is 2.37 bits per heavy atom. The highest BCUT2D eigenvalue weighted by atomic mass is 16.5. The molecule has 3 amide bonds. The van der Waals surface area contributed by atoms with Crippen LogP contribution in [0.25, 0.3) is 10.9 Å². The fraction of sp³-hybridized carbons (Fsp3) is 0.448. The molecule has 3 aromatic rings. The molecule has 0 fully saturated rings. The van der Waals surface area contributed by atoms with E-state index in [9.17, 15) is 9.59 Å². The average Bonchev–Trinajstić information content (AvgIpc) is 3.30. The maximum absolute atomic E-state index is 13.7. The molecule has 2 N–H and O–H groups in total. The van der Waals surface area contributed by atoms with E-state index in [1.54, 1.807) is 26.2 Å². The molecule has 0 aliphatic rings. The number of para-hydroxylation sites is 1. The Hall–Kier alpha value is -3.72. The molecular formula is C29H40N4O5. The molecule has 1 heterocycles. The topological polar surface area (TPSA) is 96.1 Å². The Kier molecular flexibility index (Phi) is 10.0. The van der Waals surface area contributed by atoms with E-state index < -0.39 is 5.54 Å². The molecule has 0 atom stereocenters. The first-order valence-electron chi connectivity index (χ1n) is 12.7. The fourth-order valence-electron chi connectivity index (χ4n) is 4.20. The van der Waals surface area contributed by atoms with Gasteiger partial charge in [-0.05, 0) is 56.5 Å². The summed E-state index contributed by atoms with van der Waals surface area (Å²) in [4.78, 5) is 33.3. The van der Waals surface area contributed by atoms with Crippen molar-refractivity contribution in [2.24, 2.45) is 0 Å². The molecule has 0 radical (unpaired) electrons. The molecule has 0 unspecified atom stereocenters. The van der Waals surface area contributed by atoms with Gasteiger partial charge in [-0.3, -0.25) is 4.79 Å². The molecule has 206 valence electrons. The number of aromatic nitrogens is 1. The van der Waals surface area contributed by atoms with Gasteiger partial charge in [0, 0.05) is 49.4 Å². The highest BCUT2D eigenvalue weighted by Crippen LogP contribution is 2.28. The highest BCUT2D eigenvalue weighted by molar-refractivity contribution is 5.85. The number of nitrogens with one attached hydrogen (secondary N) is 2. The SMILES string of the molecule is COCCN(CC(=O)N(CCc1c[nH]c2ccccc12)Cc1ccc(OC)c(OC)c1)C(=O)NC(C)(C)C. The van der Waals surface area contributed by atoms with E-state index in [0.29, 0.717) is 44.2 Å². The lowest BCUT2D eigenvalue weighted by molar-refractivity contribution is -0.132. The Labute approximate surface area is 225 Å². The Morgan fingerprint density at radius 2 is 1.68 bits per heavy atom. The summed E-state index contributed by atoms with van der Waals surface area (Å²) < 4.78 is 16.0. The molecule has 0 saturated heterocycles. The lowest BCUT2D eigenvalue weighted by Gasteiger charge is -2.30. The number of aromatic amines is 1. The maximum atomic E-state index is 13.7. The lowest BCUT2D eigenvalue weighted by Crippen LogP contribution is -2.52. The second-order valence-electron chi connectivity index (χ2n) is 10.2. The minimum absolute atomic E-state index is 0.0630. The number of ether oxygens (including phenoxy) is 3. The summed E-state index contributed by atoms with van der Waals surface area (Å²) in [6.07, 6.45) is 2.65. The van der Waals surface area contributed by atoms with Crippen molar-refractivity contribution in [2.45, 2.75) is 39.3 Å². The maximum Gasteiger partial charge on any atom is 0.318 e. The van der Waals surface area contributed by atoms with Crippen molar-refractivity contribution in [3.63, 3.8) is 0 Å². The first-order valence-corrected chi connectivity index (χ1v) is 12.7. The third kappa shape index (κ3) is 7.89. The van der Waals surface area contributed by atoms with Gasteiger partial charge in [-0.25, -0.2) is 4.79 Å². The van der Waals surface area contributed by atoms with E-state index in [1.165, 1.54) is 4.90 Å². The minimum atomic E-state index is -0.430. The molecule has 38 heavy (non-hydrogen) atoms. The van der Waals surface area contributed by atoms with Crippen LogP contribution in [0, 0.1) is 0 Å². The zero-order valence-electron chi connectivity index (χ0n) is 23.3. The summed E-state index contributed by atoms with van der Waals surface area (Å²) in [5, 5.41) is 4.09. The molecule has 2 aromatic carbocycles. The quantitative estimate of drug-likeness (QED) is 0.370. The number of amides is 3. The number of benzene rings is 2. The second kappa shape index (κ2) is 13.2. The molecule has 0 aliphatic heterocycles. The highest BCUT2D eigenvalue weighted by Gasteiger charge is 2.24. The van der Waals surface area contributed by atoms with E-state index in [0.717, 1.165) is 22.0 Å². The summed E-state index contributed by atoms with van der Waals surface area (Å²) in [6, 6.07) is 13.4. The number of hydrogen-bond donors (Lipinski definition) is 2. The molecule has 0 bridgehead atoms. The van der Waals surface area contributed by atoms with E-state index >= 15 is 0 Å². The Morgan fingerprint density at radius 1 is 0.947 bits per heavy atom. The predicted molar refractivity (Wildman–Crippen MR) is 149 cm³/mol. The van der Waals surface area contributed by atoms with Gasteiger partial charge < -0.3 is 34.3 Å². The van der Waals surface area contributed by atoms with Crippen molar-refractivity contribution in [3.8, 4) is 11.5 Å². The predicted octanol–water partition coefficient (Wildman–Crippen LogP) is 4.21. The normalized spacial score (nSPS) is 11.3. The summed E-state index contributed by atoms with van der Waals surface area (Å²) in [5.41, 5.74) is 2.66. The van der Waals surface area contributed by atoms with Crippen LogP contribution in [-0.2, 0) is 22.5 Å². The standard InChI is InChI=1S/C29H40N4O5/c1-29(2,3)31-28(35)33(15-16-36-4)20-27(34)32(19-21-11-12-25(37-5)26(17-21)38-6)14-13-22-18-30-24-10-8-7-9-23(22)24/h7-12,17-18,30H,13-16,19-20H2,1-6H3,(H,31,35). The van der Waals surface area contributed by atoms with E-state index in [-0.39, 0.29) is 18.5 Å². The number of carbonyl (C=O) groups excluding carboxylic acids is 2. The number of hydrogen-bond acceptors (Lipinski definition) is 5. The van der Waals surface area contributed by atoms with Gasteiger partial charge in [-0.15, -0.1) is 0 Å². The van der Waals surface area contributed by atoms with Crippen molar-refractivity contribution < 1.29 is 23.8 Å². The number of carbonyl (C=O) groups is 2. The number of H-pyrrole nitrogens is 1. The van der Waals surface area contributed by atoms with Crippen molar-refractivity contribution in [1.82, 2.24) is 20.1 Å². The van der Waals surface area contributed by atoms with Crippen LogP contribution in [0.4, 0.5) is 4.79 Å². The first-order chi connectivity index (χ1) is 18.1. The van der Waals surface area contributed by atoms with Crippen LogP contribution in [0.2, 0.25) is 0 Å². The third-order valence-corrected chi connectivity index (χ3v) is 6.16. The van der Waals surface area contributed by atoms with Gasteiger partial charge >= 0.3 is 6.03 Å². The monoisotopic (exact) mass is 524 g/mol. The van der Waals surface area contributed by atoms with Crippen LogP contribution >= 0.6 is 0 Å². The van der Waals surface area contributed by atoms with Crippen molar-refractivity contribution in [1.29, 1.82) is 0 Å². The molecule has 9 heteroatoms. The van der Waals surface area contributed by atoms with Crippen molar-refractivity contribution >= 4 is 22.8 Å². The van der Waals surface area contributed by atoms with Gasteiger partial charge in [0.2, 0.25) is 5.91 Å². The molecule has 1 aromatic heterocycles. The molecule has 0 saturated carbocycles. The second-order valence-corrected chi connectivity index (χ2v) is 10.2. The molecule has 0 aliphatic carbocycles. The van der Waals surface area contributed by atoms with Crippen LogP contribution in [0.3, 0.4) is 0 Å². The summed E-state index contributed by atoms with van der Waals surface area (Å²) >= 11 is 0. The van der Waals surface area contributed by atoms with Gasteiger partial charge in [0.15, 0.2) is 11.5 Å². The van der Waals surface area contributed by atoms with Crippen LogP contribution in [0.1, 0.15) is 31.9 Å². The van der Waals surface area contributed by atoms with E-state index in [1.807, 2.05) is 63.4 Å². The molecule has 0 spiro atoms. The van der Waals surface area contributed by atoms with Crippen molar-refractivity contribution in [3.05, 3.63) is 59.8 Å². The van der Waals surface area contributed by atoms with Gasteiger partial charge in [0.1, 0.15) is 6.54 Å². The smallest absolute Gasteiger partial charge is 0.318 e. The molecule has 9 nitrogen and oxygen atoms in total. The van der Waals surface area contributed by atoms with E-state index in [4.69, 9.17) is 14.2 Å². The largest absolute Gasteiger partial charge is 0.493 e. The summed E-state index contributed by atoms with van der Waals surface area (Å²) in [5.74, 6) is 1.07. The van der Waals surface area contributed by atoms with Gasteiger partial charge in [-0.1, -0.05) is 24.3 Å². The van der Waals surface area contributed by atoms with Crippen LogP contribution in [0.5, 0.6) is 11.5 Å². The molecular weight excluding hydrogens is 484 g/mol. The molecule has 3 rings (SSSR count).